The van der Waals surface area contributed by atoms with Crippen molar-refractivity contribution < 1.29 is 4.79 Å². The first-order chi connectivity index (χ1) is 9.33. The van der Waals surface area contributed by atoms with E-state index in [1.54, 1.807) is 12.4 Å². The van der Waals surface area contributed by atoms with Crippen LogP contribution in [0.2, 0.25) is 0 Å². The second-order valence-electron chi connectivity index (χ2n) is 4.94. The van der Waals surface area contributed by atoms with Crippen molar-refractivity contribution in [2.24, 2.45) is 0 Å². The highest BCUT2D eigenvalue weighted by Crippen LogP contribution is 2.51. The van der Waals surface area contributed by atoms with Crippen molar-refractivity contribution >= 4 is 5.91 Å². The lowest BCUT2D eigenvalue weighted by molar-refractivity contribution is -0.117. The Morgan fingerprint density at radius 2 is 2.26 bits per heavy atom. The summed E-state index contributed by atoms with van der Waals surface area (Å²) in [6, 6.07) is 3.83. The van der Waals surface area contributed by atoms with Crippen molar-refractivity contribution in [1.82, 2.24) is 10.3 Å². The fraction of sp³-hybridized carbons (Fsp3) is 0.125. The van der Waals surface area contributed by atoms with Gasteiger partial charge >= 0.3 is 0 Å². The third kappa shape index (κ3) is 1.66. The summed E-state index contributed by atoms with van der Waals surface area (Å²) in [6.07, 6.45) is 10.7. The van der Waals surface area contributed by atoms with Crippen molar-refractivity contribution in [1.29, 1.82) is 0 Å². The van der Waals surface area contributed by atoms with Crippen LogP contribution in [0.5, 0.6) is 0 Å². The molecule has 3 nitrogen and oxygen atoms in total. The first-order valence-electron chi connectivity index (χ1n) is 6.37. The van der Waals surface area contributed by atoms with Crippen LogP contribution in [0.15, 0.2) is 70.6 Å². The van der Waals surface area contributed by atoms with Crippen LogP contribution in [0.3, 0.4) is 0 Å². The van der Waals surface area contributed by atoms with Gasteiger partial charge in [-0.3, -0.25) is 9.78 Å². The van der Waals surface area contributed by atoms with Crippen molar-refractivity contribution in [3.63, 3.8) is 0 Å². The lowest BCUT2D eigenvalue weighted by Gasteiger charge is -2.06. The van der Waals surface area contributed by atoms with E-state index in [1.807, 2.05) is 18.2 Å². The summed E-state index contributed by atoms with van der Waals surface area (Å²) in [4.78, 5) is 16.2. The molecular formula is C16H12N2O. The number of nitrogens with one attached hydrogen (secondary N) is 1. The zero-order valence-electron chi connectivity index (χ0n) is 10.3. The average molecular weight is 248 g/mol. The SMILES string of the molecule is O=C(NCc1cccnc1)C1=C2C=C3CC3=C2C=C1. The molecule has 3 aliphatic carbocycles. The van der Waals surface area contributed by atoms with Crippen molar-refractivity contribution in [2.75, 3.05) is 0 Å². The van der Waals surface area contributed by atoms with Gasteiger partial charge in [-0.15, -0.1) is 0 Å². The molecule has 1 fully saturated rings. The molecule has 0 aromatic carbocycles. The topological polar surface area (TPSA) is 42.0 Å². The van der Waals surface area contributed by atoms with Crippen molar-refractivity contribution in [2.45, 2.75) is 13.0 Å². The number of amides is 1. The molecule has 0 spiro atoms. The Labute approximate surface area is 111 Å². The van der Waals surface area contributed by atoms with Gasteiger partial charge in [-0.05, 0) is 52.5 Å². The predicted octanol–water partition coefficient (Wildman–Crippen LogP) is 2.20. The molecular weight excluding hydrogens is 236 g/mol. The monoisotopic (exact) mass is 248 g/mol. The number of pyridine rings is 1. The number of hydrogen-bond acceptors (Lipinski definition) is 2. The predicted molar refractivity (Wildman–Crippen MR) is 72.0 cm³/mol. The van der Waals surface area contributed by atoms with Gasteiger partial charge in [0.15, 0.2) is 0 Å². The van der Waals surface area contributed by atoms with Gasteiger partial charge in [0.05, 0.1) is 0 Å². The average Bonchev–Trinajstić information content (AvgIpc) is 2.93. The van der Waals surface area contributed by atoms with E-state index in [0.29, 0.717) is 6.54 Å². The number of hydrogen-bond donors (Lipinski definition) is 1. The van der Waals surface area contributed by atoms with Crippen molar-refractivity contribution in [3.8, 4) is 0 Å². The van der Waals surface area contributed by atoms with Crippen LogP contribution < -0.4 is 5.32 Å². The summed E-state index contributed by atoms with van der Waals surface area (Å²) in [5.74, 6) is -0.0103. The van der Waals surface area contributed by atoms with E-state index in [1.165, 1.54) is 16.7 Å². The molecule has 0 unspecified atom stereocenters. The third-order valence-corrected chi connectivity index (χ3v) is 3.69. The molecule has 0 aliphatic heterocycles. The van der Waals surface area contributed by atoms with Crippen LogP contribution in [0.1, 0.15) is 12.0 Å². The largest absolute Gasteiger partial charge is 0.348 e. The van der Waals surface area contributed by atoms with Gasteiger partial charge in [-0.2, -0.15) is 0 Å². The second-order valence-corrected chi connectivity index (χ2v) is 4.94. The minimum absolute atomic E-state index is 0.0103. The van der Waals surface area contributed by atoms with E-state index in [2.05, 4.69) is 22.5 Å². The fourth-order valence-electron chi connectivity index (χ4n) is 2.62. The van der Waals surface area contributed by atoms with Gasteiger partial charge in [0.25, 0.3) is 5.91 Å². The third-order valence-electron chi connectivity index (χ3n) is 3.69. The molecule has 0 atom stereocenters. The lowest BCUT2D eigenvalue weighted by atomic mass is 10.1. The van der Waals surface area contributed by atoms with E-state index < -0.39 is 0 Å². The number of allylic oxidation sites excluding steroid dienone is 6. The summed E-state index contributed by atoms with van der Waals surface area (Å²) in [7, 11) is 0. The number of carbonyl (C=O) groups excluding carboxylic acids is 1. The molecule has 92 valence electrons. The molecule has 0 saturated heterocycles. The number of rotatable bonds is 3. The van der Waals surface area contributed by atoms with Gasteiger partial charge in [-0.1, -0.05) is 12.1 Å². The van der Waals surface area contributed by atoms with Gasteiger partial charge < -0.3 is 5.32 Å². The molecule has 4 rings (SSSR count). The summed E-state index contributed by atoms with van der Waals surface area (Å²) >= 11 is 0. The Morgan fingerprint density at radius 3 is 3.11 bits per heavy atom. The smallest absolute Gasteiger partial charge is 0.252 e. The minimum atomic E-state index is -0.0103. The molecule has 1 amide bonds. The molecule has 0 bridgehead atoms. The first kappa shape index (κ1) is 10.5. The molecule has 1 heterocycles. The Morgan fingerprint density at radius 1 is 1.32 bits per heavy atom. The maximum absolute atomic E-state index is 12.2. The van der Waals surface area contributed by atoms with Crippen molar-refractivity contribution in [3.05, 3.63) is 76.2 Å². The quantitative estimate of drug-likeness (QED) is 0.891. The normalized spacial score (nSPS) is 18.4. The molecule has 0 radical (unpaired) electrons. The zero-order valence-corrected chi connectivity index (χ0v) is 10.3. The van der Waals surface area contributed by atoms with Crippen LogP contribution in [-0.4, -0.2) is 10.9 Å². The highest BCUT2D eigenvalue weighted by Gasteiger charge is 2.35. The van der Waals surface area contributed by atoms with Crippen LogP contribution in [0.4, 0.5) is 0 Å². The minimum Gasteiger partial charge on any atom is -0.348 e. The Bertz CT molecular complexity index is 706. The van der Waals surface area contributed by atoms with Gasteiger partial charge in [0.2, 0.25) is 0 Å². The molecule has 1 saturated carbocycles. The summed E-state index contributed by atoms with van der Waals surface area (Å²) in [5.41, 5.74) is 6.95. The molecule has 1 N–H and O–H groups in total. The molecule has 3 heteroatoms. The maximum Gasteiger partial charge on any atom is 0.252 e. The Balaban J connectivity index is 1.51. The van der Waals surface area contributed by atoms with E-state index in [4.69, 9.17) is 0 Å². The second kappa shape index (κ2) is 3.79. The highest BCUT2D eigenvalue weighted by molar-refractivity contribution is 6.01. The van der Waals surface area contributed by atoms with E-state index in [-0.39, 0.29) is 5.91 Å². The molecule has 3 aliphatic rings. The Kier molecular flexibility index (Phi) is 2.09. The molecule has 1 aromatic rings. The number of carbonyl (C=O) groups is 1. The molecule has 19 heavy (non-hydrogen) atoms. The molecule has 1 aromatic heterocycles. The first-order valence-corrected chi connectivity index (χ1v) is 6.37. The van der Waals surface area contributed by atoms with Gasteiger partial charge in [0.1, 0.15) is 0 Å². The van der Waals surface area contributed by atoms with Crippen LogP contribution in [0.25, 0.3) is 0 Å². The van der Waals surface area contributed by atoms with Gasteiger partial charge in [0, 0.05) is 24.5 Å². The highest BCUT2D eigenvalue weighted by atomic mass is 16.1. The van der Waals surface area contributed by atoms with E-state index in [9.17, 15) is 4.79 Å². The zero-order chi connectivity index (χ0) is 12.8. The van der Waals surface area contributed by atoms with Crippen LogP contribution in [0, 0.1) is 0 Å². The van der Waals surface area contributed by atoms with E-state index in [0.717, 1.165) is 23.1 Å². The maximum atomic E-state index is 12.2. The van der Waals surface area contributed by atoms with Crippen LogP contribution in [-0.2, 0) is 11.3 Å². The number of aromatic nitrogens is 1. The summed E-state index contributed by atoms with van der Waals surface area (Å²) < 4.78 is 0. The van der Waals surface area contributed by atoms with Crippen LogP contribution >= 0.6 is 0 Å². The summed E-state index contributed by atoms with van der Waals surface area (Å²) in [6.45, 7) is 0.514. The fourth-order valence-corrected chi connectivity index (χ4v) is 2.62. The standard InChI is InChI=1S/C16H12N2O/c19-16(18-9-10-2-1-5-17-8-10)13-4-3-12-14-6-11(14)7-15(12)13/h1-5,7-8H,6,9H2,(H,18,19). The van der Waals surface area contributed by atoms with Gasteiger partial charge in [-0.25, -0.2) is 0 Å². The lowest BCUT2D eigenvalue weighted by Crippen LogP contribution is -2.24. The number of fused-ring (bicyclic) bond motifs is 2. The Hall–Kier alpha value is -2.42. The van der Waals surface area contributed by atoms with E-state index >= 15 is 0 Å². The summed E-state index contributed by atoms with van der Waals surface area (Å²) in [5, 5.41) is 2.94. The number of nitrogens with zero attached hydrogens (tertiary/aromatic N) is 1.